The van der Waals surface area contributed by atoms with Crippen molar-refractivity contribution in [2.24, 2.45) is 0 Å². The van der Waals surface area contributed by atoms with Crippen molar-refractivity contribution in [1.82, 2.24) is 4.90 Å². The van der Waals surface area contributed by atoms with Crippen LogP contribution in [0.2, 0.25) is 0 Å². The molecule has 2 rings (SSSR count). The highest BCUT2D eigenvalue weighted by molar-refractivity contribution is 5.43. The molecular formula is C16H25NO2. The summed E-state index contributed by atoms with van der Waals surface area (Å²) in [5.41, 5.74) is 1.36. The third kappa shape index (κ3) is 3.21. The van der Waals surface area contributed by atoms with Crippen LogP contribution in [0.4, 0.5) is 0 Å². The maximum Gasteiger partial charge on any atom is 0.157 e. The van der Waals surface area contributed by atoms with Gasteiger partial charge in [-0.25, -0.2) is 0 Å². The van der Waals surface area contributed by atoms with Crippen LogP contribution >= 0.6 is 0 Å². The second kappa shape index (κ2) is 5.83. The van der Waals surface area contributed by atoms with Crippen LogP contribution in [0.1, 0.15) is 44.1 Å². The summed E-state index contributed by atoms with van der Waals surface area (Å²) in [7, 11) is 4.20. The van der Waals surface area contributed by atoms with Crippen molar-refractivity contribution < 1.29 is 10.2 Å². The topological polar surface area (TPSA) is 43.7 Å². The van der Waals surface area contributed by atoms with Crippen molar-refractivity contribution in [3.8, 4) is 11.5 Å². The Morgan fingerprint density at radius 3 is 2.32 bits per heavy atom. The third-order valence-corrected chi connectivity index (χ3v) is 4.44. The fraction of sp³-hybridized carbons (Fsp3) is 0.625. The first-order chi connectivity index (χ1) is 9.03. The van der Waals surface area contributed by atoms with Crippen LogP contribution in [0.15, 0.2) is 18.2 Å². The average molecular weight is 263 g/mol. The number of phenols is 2. The Bertz CT molecular complexity index is 423. The molecule has 0 bridgehead atoms. The van der Waals surface area contributed by atoms with Gasteiger partial charge in [-0.2, -0.15) is 0 Å². The van der Waals surface area contributed by atoms with Crippen molar-refractivity contribution in [2.45, 2.75) is 43.9 Å². The Morgan fingerprint density at radius 2 is 1.74 bits per heavy atom. The minimum atomic E-state index is -0.0256. The molecule has 0 heterocycles. The highest BCUT2D eigenvalue weighted by Gasteiger charge is 2.34. The fourth-order valence-electron chi connectivity index (χ4n) is 3.20. The Morgan fingerprint density at radius 1 is 1.05 bits per heavy atom. The molecule has 0 aliphatic heterocycles. The highest BCUT2D eigenvalue weighted by atomic mass is 16.3. The van der Waals surface area contributed by atoms with Gasteiger partial charge in [-0.15, -0.1) is 0 Å². The fourth-order valence-corrected chi connectivity index (χ4v) is 3.20. The molecule has 3 heteroatoms. The molecule has 0 aromatic heterocycles. The van der Waals surface area contributed by atoms with E-state index in [1.807, 2.05) is 6.07 Å². The lowest BCUT2D eigenvalue weighted by molar-refractivity contribution is 0.241. The van der Waals surface area contributed by atoms with E-state index in [0.717, 1.165) is 13.0 Å². The predicted octanol–water partition coefficient (Wildman–Crippen LogP) is 3.25. The van der Waals surface area contributed by atoms with Crippen LogP contribution in [0.3, 0.4) is 0 Å². The van der Waals surface area contributed by atoms with Crippen LogP contribution in [-0.2, 0) is 5.41 Å². The summed E-state index contributed by atoms with van der Waals surface area (Å²) in [6.45, 7) is 1.06. The Balaban J connectivity index is 2.27. The Hall–Kier alpha value is -1.22. The van der Waals surface area contributed by atoms with Gasteiger partial charge in [0.1, 0.15) is 0 Å². The van der Waals surface area contributed by atoms with E-state index < -0.39 is 0 Å². The zero-order valence-electron chi connectivity index (χ0n) is 12.0. The SMILES string of the molecule is CN(C)CCC1(c2ccc(O)c(O)c2)CCCCC1. The maximum absolute atomic E-state index is 9.76. The van der Waals surface area contributed by atoms with E-state index in [1.54, 1.807) is 12.1 Å². The standard InChI is InChI=1S/C16H25NO2/c1-17(2)11-10-16(8-4-3-5-9-16)13-6-7-14(18)15(19)12-13/h6-7,12,18-19H,3-5,8-11H2,1-2H3. The van der Waals surface area contributed by atoms with E-state index in [4.69, 9.17) is 0 Å². The molecular weight excluding hydrogens is 238 g/mol. The second-order valence-electron chi connectivity index (χ2n) is 6.10. The summed E-state index contributed by atoms with van der Waals surface area (Å²) in [6, 6.07) is 5.36. The molecule has 2 N–H and O–H groups in total. The molecule has 19 heavy (non-hydrogen) atoms. The predicted molar refractivity (Wildman–Crippen MR) is 77.7 cm³/mol. The van der Waals surface area contributed by atoms with Crippen molar-refractivity contribution >= 4 is 0 Å². The van der Waals surface area contributed by atoms with E-state index >= 15 is 0 Å². The van der Waals surface area contributed by atoms with Crippen molar-refractivity contribution in [3.05, 3.63) is 23.8 Å². The number of hydrogen-bond acceptors (Lipinski definition) is 3. The molecule has 0 saturated heterocycles. The van der Waals surface area contributed by atoms with Gasteiger partial charge in [0.25, 0.3) is 0 Å². The first kappa shape index (κ1) is 14.2. The molecule has 1 aliphatic carbocycles. The van der Waals surface area contributed by atoms with Gasteiger partial charge in [0.15, 0.2) is 11.5 Å². The second-order valence-corrected chi connectivity index (χ2v) is 6.10. The monoisotopic (exact) mass is 263 g/mol. The van der Waals surface area contributed by atoms with Gasteiger partial charge < -0.3 is 15.1 Å². The lowest BCUT2D eigenvalue weighted by atomic mass is 9.67. The van der Waals surface area contributed by atoms with Crippen LogP contribution in [-0.4, -0.2) is 35.8 Å². The van der Waals surface area contributed by atoms with Crippen LogP contribution < -0.4 is 0 Å². The molecule has 1 saturated carbocycles. The summed E-state index contributed by atoms with van der Waals surface area (Å²) in [5, 5.41) is 19.2. The molecule has 1 aromatic rings. The zero-order valence-corrected chi connectivity index (χ0v) is 12.0. The zero-order chi connectivity index (χ0) is 13.9. The minimum Gasteiger partial charge on any atom is -0.504 e. The Labute approximate surface area is 115 Å². The van der Waals surface area contributed by atoms with Gasteiger partial charge in [-0.1, -0.05) is 25.3 Å². The quantitative estimate of drug-likeness (QED) is 0.820. The average Bonchev–Trinajstić information content (AvgIpc) is 2.40. The molecule has 0 radical (unpaired) electrons. The molecule has 0 amide bonds. The smallest absolute Gasteiger partial charge is 0.157 e. The van der Waals surface area contributed by atoms with E-state index in [0.29, 0.717) is 0 Å². The first-order valence-electron chi connectivity index (χ1n) is 7.21. The summed E-state index contributed by atoms with van der Waals surface area (Å²) in [4.78, 5) is 2.22. The van der Waals surface area contributed by atoms with Gasteiger partial charge in [0.05, 0.1) is 0 Å². The highest BCUT2D eigenvalue weighted by Crippen LogP contribution is 2.44. The minimum absolute atomic E-state index is 0.00676. The van der Waals surface area contributed by atoms with Crippen LogP contribution in [0.25, 0.3) is 0 Å². The van der Waals surface area contributed by atoms with Gasteiger partial charge in [-0.3, -0.25) is 0 Å². The van der Waals surface area contributed by atoms with E-state index in [2.05, 4.69) is 19.0 Å². The number of hydrogen-bond donors (Lipinski definition) is 2. The van der Waals surface area contributed by atoms with Gasteiger partial charge in [0.2, 0.25) is 0 Å². The number of nitrogens with zero attached hydrogens (tertiary/aromatic N) is 1. The van der Waals surface area contributed by atoms with Crippen LogP contribution in [0.5, 0.6) is 11.5 Å². The van der Waals surface area contributed by atoms with Crippen LogP contribution in [0, 0.1) is 0 Å². The summed E-state index contributed by atoms with van der Waals surface area (Å²) in [6.07, 6.45) is 7.32. The number of aromatic hydroxyl groups is 2. The maximum atomic E-state index is 9.76. The summed E-state index contributed by atoms with van der Waals surface area (Å²) in [5.74, 6) is -0.0189. The van der Waals surface area contributed by atoms with E-state index in [1.165, 1.54) is 37.7 Å². The van der Waals surface area contributed by atoms with Gasteiger partial charge >= 0.3 is 0 Å². The Kier molecular flexibility index (Phi) is 4.35. The van der Waals surface area contributed by atoms with E-state index in [9.17, 15) is 10.2 Å². The summed E-state index contributed by atoms with van der Waals surface area (Å²) < 4.78 is 0. The van der Waals surface area contributed by atoms with Gasteiger partial charge in [0, 0.05) is 0 Å². The molecule has 0 unspecified atom stereocenters. The largest absolute Gasteiger partial charge is 0.504 e. The number of rotatable bonds is 4. The molecule has 0 spiro atoms. The van der Waals surface area contributed by atoms with E-state index in [-0.39, 0.29) is 16.9 Å². The van der Waals surface area contributed by atoms with Gasteiger partial charge in [-0.05, 0) is 63.0 Å². The number of benzene rings is 1. The molecule has 3 nitrogen and oxygen atoms in total. The first-order valence-corrected chi connectivity index (χ1v) is 7.21. The lowest BCUT2D eigenvalue weighted by Crippen LogP contribution is -2.33. The number of phenolic OH excluding ortho intramolecular Hbond substituents is 2. The van der Waals surface area contributed by atoms with Crippen molar-refractivity contribution in [2.75, 3.05) is 20.6 Å². The molecule has 0 atom stereocenters. The van der Waals surface area contributed by atoms with Crippen molar-refractivity contribution in [3.63, 3.8) is 0 Å². The normalized spacial score (nSPS) is 18.7. The summed E-state index contributed by atoms with van der Waals surface area (Å²) >= 11 is 0. The molecule has 1 aromatic carbocycles. The molecule has 1 aliphatic rings. The van der Waals surface area contributed by atoms with Crippen molar-refractivity contribution in [1.29, 1.82) is 0 Å². The third-order valence-electron chi connectivity index (χ3n) is 4.44. The molecule has 1 fully saturated rings. The lowest BCUT2D eigenvalue weighted by Gasteiger charge is -2.39. The molecule has 106 valence electrons.